The zero-order valence-electron chi connectivity index (χ0n) is 11.9. The van der Waals surface area contributed by atoms with Gasteiger partial charge in [0.05, 0.1) is 4.90 Å². The van der Waals surface area contributed by atoms with Gasteiger partial charge < -0.3 is 5.32 Å². The van der Waals surface area contributed by atoms with Gasteiger partial charge in [0.25, 0.3) is 0 Å². The lowest BCUT2D eigenvalue weighted by atomic mass is 9.95. The molecular weight excluding hydrogens is 364 g/mol. The highest BCUT2D eigenvalue weighted by atomic mass is 79.9. The Hall–Kier alpha value is -1.21. The Labute approximate surface area is 139 Å². The lowest BCUT2D eigenvalue weighted by Crippen LogP contribution is -2.38. The molecule has 1 unspecified atom stereocenters. The van der Waals surface area contributed by atoms with Gasteiger partial charge in [-0.15, -0.1) is 0 Å². The molecule has 2 aromatic rings. The number of nitrogens with one attached hydrogen (secondary N) is 2. The van der Waals surface area contributed by atoms with Crippen LogP contribution in [-0.2, 0) is 16.4 Å². The van der Waals surface area contributed by atoms with Gasteiger partial charge >= 0.3 is 0 Å². The number of hydrogen-bond donors (Lipinski definition) is 2. The van der Waals surface area contributed by atoms with Crippen molar-refractivity contribution in [3.63, 3.8) is 0 Å². The maximum absolute atomic E-state index is 12.4. The van der Waals surface area contributed by atoms with Crippen LogP contribution in [0.25, 0.3) is 0 Å². The Kier molecular flexibility index (Phi) is 4.63. The Balaban J connectivity index is 1.77. The van der Waals surface area contributed by atoms with E-state index in [0.29, 0.717) is 11.0 Å². The van der Waals surface area contributed by atoms with E-state index in [4.69, 9.17) is 0 Å². The summed E-state index contributed by atoms with van der Waals surface area (Å²) in [5.74, 6) is 0. The van der Waals surface area contributed by atoms with Crippen molar-refractivity contribution in [2.75, 3.05) is 13.1 Å². The van der Waals surface area contributed by atoms with E-state index in [1.165, 1.54) is 11.1 Å². The van der Waals surface area contributed by atoms with Crippen molar-refractivity contribution in [2.24, 2.45) is 0 Å². The molecule has 0 bridgehead atoms. The molecule has 4 nitrogen and oxygen atoms in total. The standard InChI is InChI=1S/C16H17BrN2O2S/c17-14-7-3-4-8-16(14)22(20,21)19-11-15-13-6-2-1-5-12(13)9-10-18-15/h1-8,15,18-19H,9-11H2. The summed E-state index contributed by atoms with van der Waals surface area (Å²) in [6, 6.07) is 15.0. The van der Waals surface area contributed by atoms with Crippen molar-refractivity contribution in [1.29, 1.82) is 0 Å². The molecule has 0 aromatic heterocycles. The summed E-state index contributed by atoms with van der Waals surface area (Å²) < 4.78 is 28.2. The van der Waals surface area contributed by atoms with Crippen molar-refractivity contribution in [1.82, 2.24) is 10.0 Å². The number of fused-ring (bicyclic) bond motifs is 1. The van der Waals surface area contributed by atoms with E-state index < -0.39 is 10.0 Å². The third-order valence-electron chi connectivity index (χ3n) is 3.82. The molecule has 0 radical (unpaired) electrons. The van der Waals surface area contributed by atoms with Gasteiger partial charge in [0.15, 0.2) is 0 Å². The molecule has 1 heterocycles. The fourth-order valence-electron chi connectivity index (χ4n) is 2.71. The summed E-state index contributed by atoms with van der Waals surface area (Å²) >= 11 is 3.29. The van der Waals surface area contributed by atoms with Gasteiger partial charge in [0.2, 0.25) is 10.0 Å². The maximum atomic E-state index is 12.4. The highest BCUT2D eigenvalue weighted by molar-refractivity contribution is 9.10. The molecule has 1 aliphatic heterocycles. The molecule has 2 aromatic carbocycles. The molecule has 2 N–H and O–H groups in total. The van der Waals surface area contributed by atoms with Crippen LogP contribution in [0.1, 0.15) is 17.2 Å². The molecule has 6 heteroatoms. The van der Waals surface area contributed by atoms with E-state index in [-0.39, 0.29) is 10.9 Å². The van der Waals surface area contributed by atoms with Crippen LogP contribution in [0.5, 0.6) is 0 Å². The number of sulfonamides is 1. The van der Waals surface area contributed by atoms with E-state index >= 15 is 0 Å². The second-order valence-corrected chi connectivity index (χ2v) is 7.83. The molecule has 0 fully saturated rings. The summed E-state index contributed by atoms with van der Waals surface area (Å²) in [5.41, 5.74) is 2.45. The van der Waals surface area contributed by atoms with Gasteiger partial charge in [0, 0.05) is 17.1 Å². The van der Waals surface area contributed by atoms with Crippen molar-refractivity contribution in [3.05, 3.63) is 64.1 Å². The van der Waals surface area contributed by atoms with Gasteiger partial charge in [-0.1, -0.05) is 36.4 Å². The molecule has 0 amide bonds. The van der Waals surface area contributed by atoms with Gasteiger partial charge in [-0.25, -0.2) is 13.1 Å². The van der Waals surface area contributed by atoms with Gasteiger partial charge in [0.1, 0.15) is 0 Å². The van der Waals surface area contributed by atoms with Crippen LogP contribution in [-0.4, -0.2) is 21.5 Å². The summed E-state index contributed by atoms with van der Waals surface area (Å²) in [7, 11) is -3.53. The zero-order valence-corrected chi connectivity index (χ0v) is 14.3. The van der Waals surface area contributed by atoms with Gasteiger partial charge in [-0.2, -0.15) is 0 Å². The fraction of sp³-hybridized carbons (Fsp3) is 0.250. The smallest absolute Gasteiger partial charge is 0.241 e. The van der Waals surface area contributed by atoms with Crippen molar-refractivity contribution in [2.45, 2.75) is 17.4 Å². The Morgan fingerprint density at radius 3 is 2.68 bits per heavy atom. The van der Waals surface area contributed by atoms with Gasteiger partial charge in [-0.05, 0) is 52.2 Å². The highest BCUT2D eigenvalue weighted by Crippen LogP contribution is 2.24. The van der Waals surface area contributed by atoms with Crippen LogP contribution in [0.2, 0.25) is 0 Å². The predicted octanol–water partition coefficient (Wildman–Crippen LogP) is 2.61. The molecule has 0 aliphatic carbocycles. The normalized spacial score (nSPS) is 18.0. The second kappa shape index (κ2) is 6.50. The molecule has 22 heavy (non-hydrogen) atoms. The second-order valence-electron chi connectivity index (χ2n) is 5.24. The number of rotatable bonds is 4. The average molecular weight is 381 g/mol. The quantitative estimate of drug-likeness (QED) is 0.856. The predicted molar refractivity (Wildman–Crippen MR) is 90.2 cm³/mol. The van der Waals surface area contributed by atoms with E-state index in [9.17, 15) is 8.42 Å². The maximum Gasteiger partial charge on any atom is 0.241 e. The summed E-state index contributed by atoms with van der Waals surface area (Å²) in [4.78, 5) is 0.263. The monoisotopic (exact) mass is 380 g/mol. The first-order chi connectivity index (χ1) is 10.6. The van der Waals surface area contributed by atoms with Gasteiger partial charge in [-0.3, -0.25) is 0 Å². The molecule has 1 atom stereocenters. The first-order valence-corrected chi connectivity index (χ1v) is 9.41. The van der Waals surface area contributed by atoms with Crippen LogP contribution in [0.15, 0.2) is 57.9 Å². The first kappa shape index (κ1) is 15.7. The number of halogens is 1. The third-order valence-corrected chi connectivity index (χ3v) is 6.25. The minimum absolute atomic E-state index is 0.00205. The molecule has 3 rings (SSSR count). The van der Waals surface area contributed by atoms with E-state index in [1.807, 2.05) is 12.1 Å². The lowest BCUT2D eigenvalue weighted by molar-refractivity contribution is 0.491. The van der Waals surface area contributed by atoms with Crippen molar-refractivity contribution < 1.29 is 8.42 Å². The minimum atomic E-state index is -3.53. The molecular formula is C16H17BrN2O2S. The minimum Gasteiger partial charge on any atom is -0.308 e. The van der Waals surface area contributed by atoms with Crippen LogP contribution in [0.4, 0.5) is 0 Å². The van der Waals surface area contributed by atoms with Crippen LogP contribution >= 0.6 is 15.9 Å². The van der Waals surface area contributed by atoms with Crippen LogP contribution in [0.3, 0.4) is 0 Å². The van der Waals surface area contributed by atoms with Crippen LogP contribution < -0.4 is 10.0 Å². The molecule has 116 valence electrons. The van der Waals surface area contributed by atoms with Crippen molar-refractivity contribution >= 4 is 26.0 Å². The zero-order chi connectivity index (χ0) is 15.6. The summed E-state index contributed by atoms with van der Waals surface area (Å²) in [6.07, 6.45) is 0.976. The average Bonchev–Trinajstić information content (AvgIpc) is 2.53. The molecule has 0 spiro atoms. The SMILES string of the molecule is O=S(=O)(NCC1NCCc2ccccc21)c1ccccc1Br. The molecule has 0 saturated carbocycles. The third kappa shape index (κ3) is 3.25. The first-order valence-electron chi connectivity index (χ1n) is 7.13. The van der Waals surface area contributed by atoms with Crippen molar-refractivity contribution in [3.8, 4) is 0 Å². The number of benzene rings is 2. The lowest BCUT2D eigenvalue weighted by Gasteiger charge is -2.27. The van der Waals surface area contributed by atoms with Crippen LogP contribution in [0, 0.1) is 0 Å². The van der Waals surface area contributed by atoms with E-state index in [2.05, 4.69) is 38.1 Å². The largest absolute Gasteiger partial charge is 0.308 e. The molecule has 0 saturated heterocycles. The highest BCUT2D eigenvalue weighted by Gasteiger charge is 2.23. The summed E-state index contributed by atoms with van der Waals surface area (Å²) in [5, 5.41) is 3.38. The molecule has 1 aliphatic rings. The topological polar surface area (TPSA) is 58.2 Å². The van der Waals surface area contributed by atoms with E-state index in [1.54, 1.807) is 24.3 Å². The van der Waals surface area contributed by atoms with E-state index in [0.717, 1.165) is 13.0 Å². The Bertz CT molecular complexity index is 777. The Morgan fingerprint density at radius 2 is 1.86 bits per heavy atom. The fourth-order valence-corrected chi connectivity index (χ4v) is 4.76. The Morgan fingerprint density at radius 1 is 1.14 bits per heavy atom. The number of hydrogen-bond acceptors (Lipinski definition) is 3. The summed E-state index contributed by atoms with van der Waals surface area (Å²) in [6.45, 7) is 1.19.